The Kier molecular flexibility index (Phi) is 9.63. The van der Waals surface area contributed by atoms with Crippen molar-refractivity contribution < 1.29 is 19.1 Å². The third kappa shape index (κ3) is 5.64. The van der Waals surface area contributed by atoms with E-state index in [1.165, 1.54) is 33.4 Å². The second-order valence-electron chi connectivity index (χ2n) is 12.2. The van der Waals surface area contributed by atoms with Crippen LogP contribution in [0.4, 0.5) is 0 Å². The first-order chi connectivity index (χ1) is 20.0. The van der Waals surface area contributed by atoms with E-state index in [2.05, 4.69) is 158 Å². The minimum absolute atomic E-state index is 0. The SMILES string of the molecule is CC1=Cc2c(-c3ccccc3)cccc2[CH]1[Hf]([CH3])([SiH2]c1ccccc1)[CH]1C(C)=Cc2c(-c3ccccc3)cccc21.Cl.Cl. The van der Waals surface area contributed by atoms with Crippen molar-refractivity contribution in [1.82, 2.24) is 0 Å². The molecule has 7 rings (SSSR count). The Morgan fingerprint density at radius 1 is 0.488 bits per heavy atom. The van der Waals surface area contributed by atoms with Crippen LogP contribution in [0, 0.1) is 0 Å². The third-order valence-electron chi connectivity index (χ3n) is 9.47. The van der Waals surface area contributed by atoms with Crippen LogP contribution < -0.4 is 5.19 Å². The van der Waals surface area contributed by atoms with Gasteiger partial charge in [-0.3, -0.25) is 0 Å². The van der Waals surface area contributed by atoms with Crippen molar-refractivity contribution in [2.45, 2.75) is 25.9 Å². The van der Waals surface area contributed by atoms with Crippen LogP contribution in [0.25, 0.3) is 34.4 Å². The van der Waals surface area contributed by atoms with E-state index in [1.807, 2.05) is 0 Å². The van der Waals surface area contributed by atoms with Gasteiger partial charge in [0.1, 0.15) is 0 Å². The maximum absolute atomic E-state index is 3.24. The summed E-state index contributed by atoms with van der Waals surface area (Å²) in [6, 6.07) is 47.7. The fraction of sp³-hybridized carbons (Fsp3) is 0.128. The van der Waals surface area contributed by atoms with Crippen molar-refractivity contribution in [2.75, 3.05) is 0 Å². The van der Waals surface area contributed by atoms with E-state index in [0.29, 0.717) is 7.35 Å². The van der Waals surface area contributed by atoms with Gasteiger partial charge in [-0.1, -0.05) is 0 Å². The minimum Gasteiger partial charge on any atom is -0.147 e. The van der Waals surface area contributed by atoms with E-state index < -0.39 is 25.8 Å². The van der Waals surface area contributed by atoms with Crippen LogP contribution >= 0.6 is 24.8 Å². The standard InChI is InChI=1S/2C16H13.C6H7Si.CH3.2ClH.Hf/c2*1-12-10-14-8-5-9-15(16(14)11-12)13-6-3-2-4-7-13;7-6-4-2-1-3-5-6;;;;/h2*2-11H,1H3;1-5H,7H2;1H3;2*1H;. The third-order valence-corrected chi connectivity index (χ3v) is 45.4. The summed E-state index contributed by atoms with van der Waals surface area (Å²) >= 11 is -3.24. The van der Waals surface area contributed by atoms with Crippen LogP contribution in [-0.2, 0) is 19.1 Å². The molecular formula is C39H38Cl2HfSi. The summed E-state index contributed by atoms with van der Waals surface area (Å²) in [5.74, 6) is 0. The Labute approximate surface area is 274 Å². The molecule has 0 heterocycles. The molecule has 4 heteroatoms. The summed E-state index contributed by atoms with van der Waals surface area (Å²) in [4.78, 5) is 0. The second-order valence-corrected chi connectivity index (χ2v) is 44.6. The van der Waals surface area contributed by atoms with Gasteiger partial charge in [-0.2, -0.15) is 0 Å². The summed E-state index contributed by atoms with van der Waals surface area (Å²) in [7, 11) is 0. The molecular weight excluding hydrogens is 746 g/mol. The van der Waals surface area contributed by atoms with Gasteiger partial charge in [0.25, 0.3) is 0 Å². The van der Waals surface area contributed by atoms with Gasteiger partial charge < -0.3 is 0 Å². The molecule has 0 fully saturated rings. The van der Waals surface area contributed by atoms with Crippen LogP contribution in [0.5, 0.6) is 0 Å². The first kappa shape index (κ1) is 31.7. The Bertz CT molecular complexity index is 1690. The summed E-state index contributed by atoms with van der Waals surface area (Å²) in [6.07, 6.45) is 5.10. The van der Waals surface area contributed by atoms with Gasteiger partial charge in [0.15, 0.2) is 0 Å². The molecule has 0 aliphatic heterocycles. The van der Waals surface area contributed by atoms with Crippen molar-refractivity contribution in [3.8, 4) is 22.3 Å². The first-order valence-electron chi connectivity index (χ1n) is 14.8. The molecule has 2 aliphatic rings. The molecule has 0 saturated heterocycles. The first-order valence-corrected chi connectivity index (χ1v) is 31.6. The predicted octanol–water partition coefficient (Wildman–Crippen LogP) is 10.1. The summed E-state index contributed by atoms with van der Waals surface area (Å²) in [6.45, 7) is 4.37. The Balaban J connectivity index is 0.00000184. The summed E-state index contributed by atoms with van der Waals surface area (Å²) < 4.78 is 4.02. The van der Waals surface area contributed by atoms with Crippen LogP contribution in [0.1, 0.15) is 43.5 Å². The van der Waals surface area contributed by atoms with E-state index in [4.69, 9.17) is 0 Å². The average Bonchev–Trinajstić information content (AvgIpc) is 3.54. The molecule has 0 aromatic heterocycles. The Morgan fingerprint density at radius 3 is 1.30 bits per heavy atom. The van der Waals surface area contributed by atoms with Gasteiger partial charge in [0, 0.05) is 0 Å². The summed E-state index contributed by atoms with van der Waals surface area (Å²) in [5, 5.41) is 1.64. The summed E-state index contributed by atoms with van der Waals surface area (Å²) in [5.41, 5.74) is 14.7. The smallest absolute Gasteiger partial charge is 0.147 e. The Morgan fingerprint density at radius 2 is 0.884 bits per heavy atom. The quantitative estimate of drug-likeness (QED) is 0.151. The topological polar surface area (TPSA) is 0 Å². The molecule has 216 valence electrons. The number of halogens is 2. The number of allylic oxidation sites excluding steroid dienone is 2. The van der Waals surface area contributed by atoms with Crippen molar-refractivity contribution >= 4 is 48.9 Å². The molecule has 0 radical (unpaired) electrons. The molecule has 0 amide bonds. The zero-order chi connectivity index (χ0) is 28.0. The number of hydrogen-bond donors (Lipinski definition) is 0. The van der Waals surface area contributed by atoms with Gasteiger partial charge in [0.05, 0.1) is 0 Å². The van der Waals surface area contributed by atoms with Gasteiger partial charge >= 0.3 is 252 Å². The molecule has 5 aromatic carbocycles. The molecule has 0 saturated carbocycles. The Hall–Kier alpha value is -2.75. The molecule has 0 nitrogen and oxygen atoms in total. The zero-order valence-corrected chi connectivity index (χ0v) is 31.6. The van der Waals surface area contributed by atoms with E-state index in [1.54, 1.807) is 27.5 Å². The van der Waals surface area contributed by atoms with Crippen molar-refractivity contribution in [3.05, 3.63) is 161 Å². The number of rotatable bonds is 6. The molecule has 0 bridgehead atoms. The van der Waals surface area contributed by atoms with E-state index in [-0.39, 0.29) is 24.8 Å². The van der Waals surface area contributed by atoms with Crippen molar-refractivity contribution in [2.24, 2.45) is 0 Å². The minimum atomic E-state index is -3.24. The fourth-order valence-electron chi connectivity index (χ4n) is 8.00. The van der Waals surface area contributed by atoms with Gasteiger partial charge in [0.2, 0.25) is 0 Å². The number of hydrogen-bond acceptors (Lipinski definition) is 0. The average molecular weight is 784 g/mol. The van der Waals surface area contributed by atoms with Crippen LogP contribution in [0.15, 0.2) is 139 Å². The second kappa shape index (κ2) is 13.1. The van der Waals surface area contributed by atoms with E-state index >= 15 is 0 Å². The molecule has 2 unspecified atom stereocenters. The maximum atomic E-state index is 2.84. The van der Waals surface area contributed by atoms with Crippen molar-refractivity contribution in [1.29, 1.82) is 0 Å². The number of benzene rings is 5. The van der Waals surface area contributed by atoms with Gasteiger partial charge in [-0.25, -0.2) is 0 Å². The van der Waals surface area contributed by atoms with Gasteiger partial charge in [-0.05, 0) is 0 Å². The molecule has 43 heavy (non-hydrogen) atoms. The normalized spacial score (nSPS) is 18.1. The molecule has 2 atom stereocenters. The maximum Gasteiger partial charge on any atom is -0.147 e. The molecule has 2 aliphatic carbocycles. The number of fused-ring (bicyclic) bond motifs is 2. The molecule has 0 N–H and O–H groups in total. The largest absolute Gasteiger partial charge is 0.147 e. The van der Waals surface area contributed by atoms with Crippen molar-refractivity contribution in [3.63, 3.8) is 0 Å². The van der Waals surface area contributed by atoms with Crippen LogP contribution in [0.2, 0.25) is 4.68 Å². The fourth-order valence-corrected chi connectivity index (χ4v) is 51.3. The van der Waals surface area contributed by atoms with Gasteiger partial charge in [-0.15, -0.1) is 24.8 Å². The van der Waals surface area contributed by atoms with Crippen LogP contribution in [-0.4, -0.2) is 6.71 Å². The van der Waals surface area contributed by atoms with E-state index in [0.717, 1.165) is 0 Å². The molecule has 0 spiro atoms. The predicted molar refractivity (Wildman–Crippen MR) is 192 cm³/mol. The zero-order valence-electron chi connectivity index (χ0n) is 25.0. The van der Waals surface area contributed by atoms with Crippen LogP contribution in [0.3, 0.4) is 0 Å². The monoisotopic (exact) mass is 784 g/mol. The van der Waals surface area contributed by atoms with E-state index in [9.17, 15) is 0 Å². The molecule has 5 aromatic rings.